The summed E-state index contributed by atoms with van der Waals surface area (Å²) in [6.07, 6.45) is 1.88. The molecule has 2 aliphatic rings. The Morgan fingerprint density at radius 1 is 0.473 bits per heavy atom. The van der Waals surface area contributed by atoms with Crippen molar-refractivity contribution in [3.05, 3.63) is 193 Å². The minimum Gasteiger partial charge on any atom is -0.310 e. The molecule has 0 saturated carbocycles. The molecule has 9 aromatic rings. The van der Waals surface area contributed by atoms with Crippen molar-refractivity contribution in [1.29, 1.82) is 0 Å². The third-order valence-electron chi connectivity index (χ3n) is 11.6. The molecule has 7 aromatic carbocycles. The van der Waals surface area contributed by atoms with Gasteiger partial charge in [-0.05, 0) is 88.0 Å². The van der Waals surface area contributed by atoms with Gasteiger partial charge in [0.15, 0.2) is 0 Å². The van der Waals surface area contributed by atoms with Gasteiger partial charge in [0.1, 0.15) is 5.82 Å². The number of benzene rings is 7. The molecule has 1 aliphatic carbocycles. The Kier molecular flexibility index (Phi) is 6.86. The molecule has 0 N–H and O–H groups in total. The molecule has 2 aromatic heterocycles. The van der Waals surface area contributed by atoms with Gasteiger partial charge in [0.25, 0.3) is 0 Å². The summed E-state index contributed by atoms with van der Waals surface area (Å²) in [5.74, 6) is 0.920. The SMILES string of the molecule is CC1(C)c2ccccc2-c2ccc(N(c3ccccc3)c3ccc(-c4ccc(-c5nc6cccc7c6n5-c5ccccc5-c5ncccc5-7)cc4)cc3)cc21. The number of hydrogen-bond acceptors (Lipinski definition) is 3. The first-order valence-corrected chi connectivity index (χ1v) is 18.9. The van der Waals surface area contributed by atoms with Gasteiger partial charge in [-0.15, -0.1) is 0 Å². The van der Waals surface area contributed by atoms with Crippen LogP contribution >= 0.6 is 0 Å². The van der Waals surface area contributed by atoms with E-state index in [1.54, 1.807) is 0 Å². The Labute approximate surface area is 320 Å². The van der Waals surface area contributed by atoms with Gasteiger partial charge in [-0.25, -0.2) is 4.98 Å². The summed E-state index contributed by atoms with van der Waals surface area (Å²) in [6, 6.07) is 63.3. The second kappa shape index (κ2) is 12.0. The number of pyridine rings is 1. The third kappa shape index (κ3) is 4.78. The van der Waals surface area contributed by atoms with Crippen LogP contribution in [0.3, 0.4) is 0 Å². The summed E-state index contributed by atoms with van der Waals surface area (Å²) in [4.78, 5) is 12.5. The highest BCUT2D eigenvalue weighted by atomic mass is 15.1. The molecule has 3 heterocycles. The normalized spacial score (nSPS) is 13.1. The summed E-state index contributed by atoms with van der Waals surface area (Å²) in [5, 5.41) is 0. The lowest BCUT2D eigenvalue weighted by Gasteiger charge is -2.28. The topological polar surface area (TPSA) is 34.0 Å². The largest absolute Gasteiger partial charge is 0.310 e. The fraction of sp³-hybridized carbons (Fsp3) is 0.0588. The number of rotatable bonds is 5. The van der Waals surface area contributed by atoms with Crippen molar-refractivity contribution in [3.8, 4) is 61.7 Å². The molecule has 1 aliphatic heterocycles. The summed E-state index contributed by atoms with van der Waals surface area (Å²) in [5.41, 5.74) is 19.6. The Bertz CT molecular complexity index is 2940. The van der Waals surface area contributed by atoms with Gasteiger partial charge < -0.3 is 4.90 Å². The van der Waals surface area contributed by atoms with Gasteiger partial charge in [-0.1, -0.05) is 135 Å². The molecule has 260 valence electrons. The zero-order valence-electron chi connectivity index (χ0n) is 30.6. The van der Waals surface area contributed by atoms with E-state index in [0.29, 0.717) is 0 Å². The minimum atomic E-state index is -0.0751. The van der Waals surface area contributed by atoms with Gasteiger partial charge >= 0.3 is 0 Å². The van der Waals surface area contributed by atoms with E-state index in [-0.39, 0.29) is 5.41 Å². The van der Waals surface area contributed by atoms with Gasteiger partial charge in [0.05, 0.1) is 22.4 Å². The van der Waals surface area contributed by atoms with E-state index in [1.165, 1.54) is 22.3 Å². The van der Waals surface area contributed by atoms with E-state index in [1.807, 2.05) is 12.3 Å². The number of fused-ring (bicyclic) bond motifs is 8. The van der Waals surface area contributed by atoms with E-state index in [0.717, 1.165) is 78.7 Å². The van der Waals surface area contributed by atoms with Crippen molar-refractivity contribution < 1.29 is 0 Å². The van der Waals surface area contributed by atoms with E-state index in [9.17, 15) is 0 Å². The zero-order valence-corrected chi connectivity index (χ0v) is 30.6. The first-order valence-electron chi connectivity index (χ1n) is 18.9. The minimum absolute atomic E-state index is 0.0751. The smallest absolute Gasteiger partial charge is 0.145 e. The van der Waals surface area contributed by atoms with Crippen LogP contribution in [0.15, 0.2) is 182 Å². The summed E-state index contributed by atoms with van der Waals surface area (Å²) < 4.78 is 2.32. The molecular formula is C51H36N4. The molecule has 0 unspecified atom stereocenters. The van der Waals surface area contributed by atoms with Crippen LogP contribution in [-0.4, -0.2) is 14.5 Å². The van der Waals surface area contributed by atoms with Crippen molar-refractivity contribution in [1.82, 2.24) is 14.5 Å². The number of imidazole rings is 1. The van der Waals surface area contributed by atoms with Crippen molar-refractivity contribution >= 4 is 28.1 Å². The van der Waals surface area contributed by atoms with Crippen molar-refractivity contribution in [2.24, 2.45) is 0 Å². The summed E-state index contributed by atoms with van der Waals surface area (Å²) in [6.45, 7) is 4.68. The van der Waals surface area contributed by atoms with Crippen LogP contribution in [0, 0.1) is 0 Å². The highest BCUT2D eigenvalue weighted by Crippen LogP contribution is 2.51. The van der Waals surface area contributed by atoms with Crippen LogP contribution in [-0.2, 0) is 5.41 Å². The lowest BCUT2D eigenvalue weighted by atomic mass is 9.82. The number of anilines is 3. The summed E-state index contributed by atoms with van der Waals surface area (Å²) >= 11 is 0. The molecule has 4 nitrogen and oxygen atoms in total. The van der Waals surface area contributed by atoms with Gasteiger partial charge in [0, 0.05) is 50.9 Å². The lowest BCUT2D eigenvalue weighted by molar-refractivity contribution is 0.660. The number of para-hydroxylation sites is 3. The van der Waals surface area contributed by atoms with Gasteiger partial charge in [-0.3, -0.25) is 9.55 Å². The fourth-order valence-corrected chi connectivity index (χ4v) is 8.95. The number of aromatic nitrogens is 3. The molecule has 55 heavy (non-hydrogen) atoms. The van der Waals surface area contributed by atoms with E-state index in [4.69, 9.17) is 9.97 Å². The van der Waals surface area contributed by atoms with Gasteiger partial charge in [-0.2, -0.15) is 0 Å². The van der Waals surface area contributed by atoms with Crippen LogP contribution in [0.2, 0.25) is 0 Å². The third-order valence-corrected chi connectivity index (χ3v) is 11.6. The highest BCUT2D eigenvalue weighted by Gasteiger charge is 2.35. The predicted molar refractivity (Wildman–Crippen MR) is 226 cm³/mol. The maximum atomic E-state index is 5.24. The molecule has 0 atom stereocenters. The maximum Gasteiger partial charge on any atom is 0.145 e. The molecule has 11 rings (SSSR count). The standard InChI is InChI=1S/C51H36N4/c1-51(2)44-18-8-6-14-39(44)40-30-29-38(32-45(40)51)54(36-12-4-3-5-13-36)37-27-25-34(26-28-37)33-21-23-35(24-22-33)50-53-46-19-10-16-42-41-17-11-31-52-48(41)43-15-7-9-20-47(43)55(50)49(42)46/h3-32H,1-2H3. The Hall–Kier alpha value is -7.04. The molecule has 0 bridgehead atoms. The molecule has 0 radical (unpaired) electrons. The van der Waals surface area contributed by atoms with Crippen LogP contribution in [0.5, 0.6) is 0 Å². The summed E-state index contributed by atoms with van der Waals surface area (Å²) in [7, 11) is 0. The number of hydrogen-bond donors (Lipinski definition) is 0. The first-order chi connectivity index (χ1) is 27.0. The van der Waals surface area contributed by atoms with Crippen LogP contribution in [0.4, 0.5) is 17.1 Å². The highest BCUT2D eigenvalue weighted by molar-refractivity contribution is 6.03. The maximum absolute atomic E-state index is 5.24. The second-order valence-electron chi connectivity index (χ2n) is 15.1. The Balaban J connectivity index is 0.963. The van der Waals surface area contributed by atoms with E-state index >= 15 is 0 Å². The molecule has 0 amide bonds. The second-order valence-corrected chi connectivity index (χ2v) is 15.1. The Morgan fingerprint density at radius 2 is 1.09 bits per heavy atom. The predicted octanol–water partition coefficient (Wildman–Crippen LogP) is 13.2. The van der Waals surface area contributed by atoms with Gasteiger partial charge in [0.2, 0.25) is 0 Å². The van der Waals surface area contributed by atoms with Crippen molar-refractivity contribution in [2.45, 2.75) is 19.3 Å². The van der Waals surface area contributed by atoms with Crippen LogP contribution in [0.25, 0.3) is 72.7 Å². The molecular weight excluding hydrogens is 669 g/mol. The average Bonchev–Trinajstić information content (AvgIpc) is 3.70. The lowest BCUT2D eigenvalue weighted by Crippen LogP contribution is -2.16. The monoisotopic (exact) mass is 704 g/mol. The molecule has 4 heteroatoms. The average molecular weight is 705 g/mol. The quantitative estimate of drug-likeness (QED) is 0.179. The first kappa shape index (κ1) is 31.5. The fourth-order valence-electron chi connectivity index (χ4n) is 8.95. The number of nitrogens with zero attached hydrogens (tertiary/aromatic N) is 4. The molecule has 0 fully saturated rings. The molecule has 0 saturated heterocycles. The van der Waals surface area contributed by atoms with E-state index in [2.05, 4.69) is 193 Å². The van der Waals surface area contributed by atoms with Crippen LogP contribution < -0.4 is 4.90 Å². The zero-order chi connectivity index (χ0) is 36.7. The van der Waals surface area contributed by atoms with Crippen molar-refractivity contribution in [2.75, 3.05) is 4.90 Å². The van der Waals surface area contributed by atoms with Crippen molar-refractivity contribution in [3.63, 3.8) is 0 Å². The molecule has 0 spiro atoms. The van der Waals surface area contributed by atoms with Crippen LogP contribution in [0.1, 0.15) is 25.0 Å². The Morgan fingerprint density at radius 3 is 1.91 bits per heavy atom. The van der Waals surface area contributed by atoms with E-state index < -0.39 is 0 Å².